The fourth-order valence-electron chi connectivity index (χ4n) is 3.52. The van der Waals surface area contributed by atoms with E-state index in [0.717, 1.165) is 42.9 Å². The van der Waals surface area contributed by atoms with Gasteiger partial charge >= 0.3 is 0 Å². The van der Waals surface area contributed by atoms with Gasteiger partial charge in [0.15, 0.2) is 11.8 Å². The first kappa shape index (κ1) is 24.3. The zero-order valence-corrected chi connectivity index (χ0v) is 21.3. The number of para-hydroxylation sites is 1. The molecule has 1 unspecified atom stereocenters. The van der Waals surface area contributed by atoms with Crippen LogP contribution in [0.25, 0.3) is 0 Å². The van der Waals surface area contributed by atoms with E-state index < -0.39 is 0 Å². The zero-order valence-electron chi connectivity index (χ0n) is 18.2. The Balaban J connectivity index is 0.00000289. The van der Waals surface area contributed by atoms with Crippen molar-refractivity contribution in [1.29, 1.82) is 0 Å². The smallest absolute Gasteiger partial charge is 0.194 e. The summed E-state index contributed by atoms with van der Waals surface area (Å²) in [4.78, 5) is 7.11. The van der Waals surface area contributed by atoms with Crippen LogP contribution in [0.5, 0.6) is 5.75 Å². The van der Waals surface area contributed by atoms with E-state index in [9.17, 15) is 0 Å². The summed E-state index contributed by atoms with van der Waals surface area (Å²) >= 11 is 6.26. The lowest BCUT2D eigenvalue weighted by molar-refractivity contribution is 0.214. The van der Waals surface area contributed by atoms with Crippen molar-refractivity contribution in [3.8, 4) is 5.75 Å². The number of hydrogen-bond acceptors (Lipinski definition) is 4. The SMILES string of the molecule is Cc1nnc(CNC(=NCc2ccccc2)N2CCC(Oc3ccccc3Cl)C2)n1C.I. The van der Waals surface area contributed by atoms with Crippen molar-refractivity contribution in [1.82, 2.24) is 25.0 Å². The molecule has 1 N–H and O–H groups in total. The van der Waals surface area contributed by atoms with Gasteiger partial charge in [-0.15, -0.1) is 34.2 Å². The standard InChI is InChI=1S/C23H27ClN6O.HI/c1-17-27-28-22(29(17)2)15-26-23(25-14-18-8-4-3-5-9-18)30-13-12-19(16-30)31-21-11-7-6-10-20(21)24;/h3-11,19H,12-16H2,1-2H3,(H,25,26);1H. The third-order valence-electron chi connectivity index (χ3n) is 5.42. The Kier molecular flexibility index (Phi) is 8.75. The van der Waals surface area contributed by atoms with Crippen LogP contribution in [0.1, 0.15) is 23.6 Å². The maximum atomic E-state index is 6.26. The van der Waals surface area contributed by atoms with E-state index >= 15 is 0 Å². The van der Waals surface area contributed by atoms with Crippen LogP contribution in [0.4, 0.5) is 0 Å². The van der Waals surface area contributed by atoms with Crippen LogP contribution in [0.2, 0.25) is 5.02 Å². The van der Waals surface area contributed by atoms with Gasteiger partial charge in [0.2, 0.25) is 0 Å². The molecular formula is C23H28ClIN6O. The summed E-state index contributed by atoms with van der Waals surface area (Å²) in [6, 6.07) is 17.8. The second kappa shape index (κ2) is 11.5. The summed E-state index contributed by atoms with van der Waals surface area (Å²) < 4.78 is 8.13. The van der Waals surface area contributed by atoms with Crippen molar-refractivity contribution < 1.29 is 4.74 Å². The molecule has 0 aliphatic carbocycles. The first-order chi connectivity index (χ1) is 15.1. The van der Waals surface area contributed by atoms with Crippen LogP contribution in [0, 0.1) is 6.92 Å². The predicted molar refractivity (Wildman–Crippen MR) is 138 cm³/mol. The summed E-state index contributed by atoms with van der Waals surface area (Å²) in [6.07, 6.45) is 0.959. The number of likely N-dealkylation sites (tertiary alicyclic amines) is 1. The number of nitrogens with zero attached hydrogens (tertiary/aromatic N) is 5. The summed E-state index contributed by atoms with van der Waals surface area (Å²) in [7, 11) is 1.97. The zero-order chi connectivity index (χ0) is 21.6. The second-order valence-corrected chi connectivity index (χ2v) is 8.01. The lowest BCUT2D eigenvalue weighted by atomic mass is 10.2. The fourth-order valence-corrected chi connectivity index (χ4v) is 3.70. The minimum Gasteiger partial charge on any atom is -0.487 e. The van der Waals surface area contributed by atoms with Crippen LogP contribution >= 0.6 is 35.6 Å². The molecule has 0 saturated carbocycles. The molecule has 0 amide bonds. The maximum Gasteiger partial charge on any atom is 0.194 e. The summed E-state index contributed by atoms with van der Waals surface area (Å²) in [5.74, 6) is 3.32. The molecule has 1 aliphatic heterocycles. The molecule has 1 atom stereocenters. The summed E-state index contributed by atoms with van der Waals surface area (Å²) in [5.41, 5.74) is 1.17. The first-order valence-corrected chi connectivity index (χ1v) is 10.8. The highest BCUT2D eigenvalue weighted by atomic mass is 127. The van der Waals surface area contributed by atoms with E-state index in [2.05, 4.69) is 32.5 Å². The van der Waals surface area contributed by atoms with E-state index in [-0.39, 0.29) is 30.1 Å². The van der Waals surface area contributed by atoms with Gasteiger partial charge in [0.25, 0.3) is 0 Å². The molecule has 9 heteroatoms. The average molecular weight is 567 g/mol. The third-order valence-corrected chi connectivity index (χ3v) is 5.73. The number of ether oxygens (including phenoxy) is 1. The molecule has 2 heterocycles. The monoisotopic (exact) mass is 566 g/mol. The molecule has 3 aromatic rings. The number of halogens is 2. The Labute approximate surface area is 210 Å². The van der Waals surface area contributed by atoms with Gasteiger partial charge in [0.1, 0.15) is 17.7 Å². The molecule has 4 rings (SSSR count). The summed E-state index contributed by atoms with van der Waals surface area (Å²) in [6.45, 7) is 4.69. The van der Waals surface area contributed by atoms with Gasteiger partial charge in [-0.05, 0) is 24.6 Å². The van der Waals surface area contributed by atoms with Crippen molar-refractivity contribution in [2.24, 2.45) is 12.0 Å². The minimum absolute atomic E-state index is 0. The normalized spacial score (nSPS) is 16.0. The maximum absolute atomic E-state index is 6.26. The molecule has 1 aliphatic rings. The largest absolute Gasteiger partial charge is 0.487 e. The third kappa shape index (κ3) is 6.13. The molecule has 0 radical (unpaired) electrons. The van der Waals surface area contributed by atoms with Gasteiger partial charge in [-0.2, -0.15) is 0 Å². The lowest BCUT2D eigenvalue weighted by Gasteiger charge is -2.22. The van der Waals surface area contributed by atoms with Gasteiger partial charge < -0.3 is 19.5 Å². The van der Waals surface area contributed by atoms with Crippen molar-refractivity contribution in [2.45, 2.75) is 32.5 Å². The molecule has 1 saturated heterocycles. The van der Waals surface area contributed by atoms with Crippen LogP contribution < -0.4 is 10.1 Å². The molecule has 2 aromatic carbocycles. The molecule has 1 aromatic heterocycles. The van der Waals surface area contributed by atoms with E-state index in [1.807, 2.05) is 61.0 Å². The highest BCUT2D eigenvalue weighted by Crippen LogP contribution is 2.26. The Morgan fingerprint density at radius 3 is 2.62 bits per heavy atom. The number of nitrogens with one attached hydrogen (secondary N) is 1. The Hall–Kier alpha value is -2.33. The topological polar surface area (TPSA) is 67.6 Å². The van der Waals surface area contributed by atoms with Gasteiger partial charge in [-0.25, -0.2) is 4.99 Å². The molecule has 32 heavy (non-hydrogen) atoms. The van der Waals surface area contributed by atoms with E-state index in [4.69, 9.17) is 21.3 Å². The highest BCUT2D eigenvalue weighted by Gasteiger charge is 2.27. The van der Waals surface area contributed by atoms with Crippen molar-refractivity contribution in [3.05, 3.63) is 76.8 Å². The van der Waals surface area contributed by atoms with Crippen molar-refractivity contribution in [3.63, 3.8) is 0 Å². The number of hydrogen-bond donors (Lipinski definition) is 1. The fraction of sp³-hybridized carbons (Fsp3) is 0.348. The Bertz CT molecular complexity index is 1040. The molecule has 0 bridgehead atoms. The van der Waals surface area contributed by atoms with E-state index in [0.29, 0.717) is 18.1 Å². The quantitative estimate of drug-likeness (QED) is 0.275. The predicted octanol–water partition coefficient (Wildman–Crippen LogP) is 4.19. The molecule has 0 spiro atoms. The van der Waals surface area contributed by atoms with Crippen LogP contribution in [-0.4, -0.2) is 44.8 Å². The number of aliphatic imine (C=N–C) groups is 1. The number of benzene rings is 2. The first-order valence-electron chi connectivity index (χ1n) is 10.4. The number of aromatic nitrogens is 3. The van der Waals surface area contributed by atoms with Gasteiger partial charge in [0.05, 0.1) is 24.7 Å². The second-order valence-electron chi connectivity index (χ2n) is 7.61. The van der Waals surface area contributed by atoms with E-state index in [1.54, 1.807) is 0 Å². The van der Waals surface area contributed by atoms with Gasteiger partial charge in [0, 0.05) is 20.0 Å². The molecular weight excluding hydrogens is 539 g/mol. The average Bonchev–Trinajstić information content (AvgIpc) is 3.38. The molecule has 7 nitrogen and oxygen atoms in total. The van der Waals surface area contributed by atoms with Crippen LogP contribution in [-0.2, 0) is 20.1 Å². The Morgan fingerprint density at radius 1 is 1.16 bits per heavy atom. The number of rotatable bonds is 6. The Morgan fingerprint density at radius 2 is 1.91 bits per heavy atom. The lowest BCUT2D eigenvalue weighted by Crippen LogP contribution is -2.41. The van der Waals surface area contributed by atoms with Crippen molar-refractivity contribution in [2.75, 3.05) is 13.1 Å². The van der Waals surface area contributed by atoms with Crippen LogP contribution in [0.15, 0.2) is 59.6 Å². The number of aryl methyl sites for hydroxylation is 1. The van der Waals surface area contributed by atoms with Crippen molar-refractivity contribution >= 4 is 41.5 Å². The van der Waals surface area contributed by atoms with Crippen LogP contribution in [0.3, 0.4) is 0 Å². The number of guanidine groups is 1. The summed E-state index contributed by atoms with van der Waals surface area (Å²) in [5, 5.41) is 12.5. The molecule has 1 fully saturated rings. The van der Waals surface area contributed by atoms with Gasteiger partial charge in [-0.3, -0.25) is 0 Å². The van der Waals surface area contributed by atoms with E-state index in [1.165, 1.54) is 5.56 Å². The van der Waals surface area contributed by atoms with Gasteiger partial charge in [-0.1, -0.05) is 54.1 Å². The highest BCUT2D eigenvalue weighted by molar-refractivity contribution is 14.0. The molecule has 170 valence electrons. The minimum atomic E-state index is 0.